The third kappa shape index (κ3) is 4.72. The molecule has 1 amide bonds. The van der Waals surface area contributed by atoms with Crippen LogP contribution in [0.2, 0.25) is 10.0 Å². The maximum absolute atomic E-state index is 13.1. The van der Waals surface area contributed by atoms with E-state index < -0.39 is 0 Å². The number of halogens is 3. The molecule has 1 fully saturated rings. The normalized spacial score (nSPS) is 15.2. The van der Waals surface area contributed by atoms with E-state index in [1.807, 2.05) is 6.92 Å². The van der Waals surface area contributed by atoms with E-state index in [-0.39, 0.29) is 17.8 Å². The number of rotatable bonds is 6. The number of carbonyl (C=O) groups excluding carboxylic acids is 1. The van der Waals surface area contributed by atoms with Crippen LogP contribution in [0.5, 0.6) is 0 Å². The Morgan fingerprint density at radius 3 is 2.56 bits per heavy atom. The highest BCUT2D eigenvalue weighted by Gasteiger charge is 2.35. The molecule has 2 aromatic rings. The summed E-state index contributed by atoms with van der Waals surface area (Å²) in [7, 11) is 0. The molecule has 0 radical (unpaired) electrons. The fraction of sp³-hybridized carbons (Fsp3) is 0.316. The Morgan fingerprint density at radius 1 is 1.24 bits per heavy atom. The summed E-state index contributed by atoms with van der Waals surface area (Å²) in [6.45, 7) is 2.47. The third-order valence-electron chi connectivity index (χ3n) is 4.36. The first-order valence-corrected chi connectivity index (χ1v) is 8.96. The van der Waals surface area contributed by atoms with Gasteiger partial charge in [0.15, 0.2) is 0 Å². The molecule has 0 aromatic heterocycles. The molecular formula is C19H19Cl2FN2O. The summed E-state index contributed by atoms with van der Waals surface area (Å²) in [5, 5.41) is 3.81. The fourth-order valence-corrected chi connectivity index (χ4v) is 3.11. The van der Waals surface area contributed by atoms with Crippen LogP contribution in [0.4, 0.5) is 10.1 Å². The van der Waals surface area contributed by atoms with Crippen LogP contribution in [0.25, 0.3) is 0 Å². The van der Waals surface area contributed by atoms with E-state index in [9.17, 15) is 9.18 Å². The Balaban J connectivity index is 1.71. The fourth-order valence-electron chi connectivity index (χ4n) is 2.77. The van der Waals surface area contributed by atoms with Gasteiger partial charge in [-0.2, -0.15) is 0 Å². The van der Waals surface area contributed by atoms with Crippen molar-refractivity contribution in [3.05, 3.63) is 63.9 Å². The largest absolute Gasteiger partial charge is 0.323 e. The molecule has 2 aromatic carbocycles. The molecule has 0 saturated heterocycles. The molecule has 3 rings (SSSR count). The van der Waals surface area contributed by atoms with Crippen LogP contribution in [0.1, 0.15) is 25.3 Å². The lowest BCUT2D eigenvalue weighted by molar-refractivity contribution is -0.121. The molecule has 132 valence electrons. The predicted molar refractivity (Wildman–Crippen MR) is 99.5 cm³/mol. The van der Waals surface area contributed by atoms with Gasteiger partial charge in [0.25, 0.3) is 0 Å². The van der Waals surface area contributed by atoms with E-state index in [1.54, 1.807) is 30.3 Å². The molecule has 1 aliphatic carbocycles. The van der Waals surface area contributed by atoms with Crippen molar-refractivity contribution in [1.29, 1.82) is 0 Å². The summed E-state index contributed by atoms with van der Waals surface area (Å²) in [6.07, 6.45) is 2.13. The molecule has 0 aliphatic heterocycles. The zero-order valence-corrected chi connectivity index (χ0v) is 15.3. The molecular weight excluding hydrogens is 362 g/mol. The number of carbonyl (C=O) groups is 1. The van der Waals surface area contributed by atoms with E-state index in [0.717, 1.165) is 18.4 Å². The van der Waals surface area contributed by atoms with E-state index >= 15 is 0 Å². The monoisotopic (exact) mass is 380 g/mol. The number of hydrogen-bond acceptors (Lipinski definition) is 2. The number of hydrogen-bond donors (Lipinski definition) is 1. The Morgan fingerprint density at radius 2 is 1.92 bits per heavy atom. The van der Waals surface area contributed by atoms with Gasteiger partial charge in [0.1, 0.15) is 5.82 Å². The smallest absolute Gasteiger partial charge is 0.241 e. The van der Waals surface area contributed by atoms with Gasteiger partial charge in [-0.3, -0.25) is 9.69 Å². The molecule has 3 nitrogen and oxygen atoms in total. The quantitative estimate of drug-likeness (QED) is 0.753. The number of nitrogens with zero attached hydrogens (tertiary/aromatic N) is 1. The highest BCUT2D eigenvalue weighted by molar-refractivity contribution is 6.35. The summed E-state index contributed by atoms with van der Waals surface area (Å²) in [4.78, 5) is 14.8. The molecule has 25 heavy (non-hydrogen) atoms. The lowest BCUT2D eigenvalue weighted by atomic mass is 10.1. The van der Waals surface area contributed by atoms with Crippen LogP contribution in [0.3, 0.4) is 0 Å². The first-order chi connectivity index (χ1) is 11.9. The first kappa shape index (κ1) is 18.2. The Labute approximate surface area is 156 Å². The molecule has 1 N–H and O–H groups in total. The standard InChI is InChI=1S/C19H19Cl2FN2O/c1-12(19(25)23-18-10-14(20)4-9-17(18)21)24(16-7-8-16)11-13-2-5-15(22)6-3-13/h2-6,9-10,12,16H,7-8,11H2,1H3,(H,23,25)/t12-/m0/s1. The van der Waals surface area contributed by atoms with Crippen LogP contribution >= 0.6 is 23.2 Å². The minimum absolute atomic E-state index is 0.141. The van der Waals surface area contributed by atoms with Gasteiger partial charge in [0, 0.05) is 17.6 Å². The van der Waals surface area contributed by atoms with E-state index in [4.69, 9.17) is 23.2 Å². The zero-order valence-electron chi connectivity index (χ0n) is 13.8. The minimum atomic E-state index is -0.340. The van der Waals surface area contributed by atoms with Gasteiger partial charge in [-0.15, -0.1) is 0 Å². The van der Waals surface area contributed by atoms with Crippen molar-refractivity contribution in [2.45, 2.75) is 38.4 Å². The van der Waals surface area contributed by atoms with Gasteiger partial charge in [-0.1, -0.05) is 35.3 Å². The van der Waals surface area contributed by atoms with E-state index in [0.29, 0.717) is 28.3 Å². The SMILES string of the molecule is C[C@@H](C(=O)Nc1cc(Cl)ccc1Cl)N(Cc1ccc(F)cc1)C1CC1. The van der Waals surface area contributed by atoms with Gasteiger partial charge in [0.05, 0.1) is 16.8 Å². The maximum atomic E-state index is 13.1. The Kier molecular flexibility index (Phi) is 5.62. The average Bonchev–Trinajstić information content (AvgIpc) is 3.42. The highest BCUT2D eigenvalue weighted by atomic mass is 35.5. The van der Waals surface area contributed by atoms with Crippen LogP contribution in [0.15, 0.2) is 42.5 Å². The van der Waals surface area contributed by atoms with Gasteiger partial charge in [-0.25, -0.2) is 4.39 Å². The first-order valence-electron chi connectivity index (χ1n) is 8.20. The average molecular weight is 381 g/mol. The van der Waals surface area contributed by atoms with Crippen molar-refractivity contribution in [3.8, 4) is 0 Å². The highest BCUT2D eigenvalue weighted by Crippen LogP contribution is 2.31. The topological polar surface area (TPSA) is 32.3 Å². The number of benzene rings is 2. The number of nitrogens with one attached hydrogen (secondary N) is 1. The molecule has 0 unspecified atom stereocenters. The van der Waals surface area contributed by atoms with Crippen molar-refractivity contribution in [2.24, 2.45) is 0 Å². The lowest BCUT2D eigenvalue weighted by Gasteiger charge is -2.28. The predicted octanol–water partition coefficient (Wildman–Crippen LogP) is 5.12. The van der Waals surface area contributed by atoms with Gasteiger partial charge >= 0.3 is 0 Å². The van der Waals surface area contributed by atoms with Crippen molar-refractivity contribution >= 4 is 34.8 Å². The minimum Gasteiger partial charge on any atom is -0.323 e. The van der Waals surface area contributed by atoms with E-state index in [2.05, 4.69) is 10.2 Å². The summed E-state index contributed by atoms with van der Waals surface area (Å²) < 4.78 is 13.1. The number of anilines is 1. The van der Waals surface area contributed by atoms with E-state index in [1.165, 1.54) is 12.1 Å². The van der Waals surface area contributed by atoms with Gasteiger partial charge < -0.3 is 5.32 Å². The lowest BCUT2D eigenvalue weighted by Crippen LogP contribution is -2.43. The van der Waals surface area contributed by atoms with Crippen molar-refractivity contribution < 1.29 is 9.18 Å². The second-order valence-electron chi connectivity index (χ2n) is 6.32. The Hall–Kier alpha value is -1.62. The van der Waals surface area contributed by atoms with Gasteiger partial charge in [-0.05, 0) is 55.7 Å². The van der Waals surface area contributed by atoms with Crippen LogP contribution in [-0.2, 0) is 11.3 Å². The summed E-state index contributed by atoms with van der Waals surface area (Å²) in [5.41, 5.74) is 1.48. The van der Waals surface area contributed by atoms with Crippen molar-refractivity contribution in [1.82, 2.24) is 4.90 Å². The molecule has 6 heteroatoms. The second kappa shape index (κ2) is 7.73. The number of amides is 1. The van der Waals surface area contributed by atoms with Crippen LogP contribution in [-0.4, -0.2) is 22.9 Å². The van der Waals surface area contributed by atoms with Crippen molar-refractivity contribution in [3.63, 3.8) is 0 Å². The second-order valence-corrected chi connectivity index (χ2v) is 7.16. The van der Waals surface area contributed by atoms with Crippen LogP contribution in [0, 0.1) is 5.82 Å². The van der Waals surface area contributed by atoms with Crippen molar-refractivity contribution in [2.75, 3.05) is 5.32 Å². The molecule has 1 atom stereocenters. The molecule has 0 heterocycles. The molecule has 1 aliphatic rings. The zero-order chi connectivity index (χ0) is 18.0. The third-order valence-corrected chi connectivity index (χ3v) is 4.92. The van der Waals surface area contributed by atoms with Gasteiger partial charge in [0.2, 0.25) is 5.91 Å². The van der Waals surface area contributed by atoms with Crippen LogP contribution < -0.4 is 5.32 Å². The summed E-state index contributed by atoms with van der Waals surface area (Å²) >= 11 is 12.1. The summed E-state index contributed by atoms with van der Waals surface area (Å²) in [5.74, 6) is -0.402. The molecule has 1 saturated carbocycles. The Bertz CT molecular complexity index is 763. The molecule has 0 bridgehead atoms. The maximum Gasteiger partial charge on any atom is 0.241 e. The molecule has 0 spiro atoms. The summed E-state index contributed by atoms with van der Waals surface area (Å²) in [6, 6.07) is 11.4.